The average Bonchev–Trinajstić information content (AvgIpc) is 2.60. The Kier molecular flexibility index (Phi) is 5.33. The molecule has 1 fully saturated rings. The van der Waals surface area contributed by atoms with E-state index in [1.165, 1.54) is 18.4 Å². The monoisotopic (exact) mass is 354 g/mol. The molecule has 1 aromatic carbocycles. The van der Waals surface area contributed by atoms with Crippen molar-refractivity contribution in [2.75, 3.05) is 13.7 Å². The molecule has 2 rings (SSSR count). The standard InChI is InChI=1S/C17H27BrN2O/c1-17(2,3)20-10-6-5-7-14(19)16(20)12-8-9-15(21-4)13(18)11-12/h8-9,11,14,16H,5-7,10,19H2,1-4H3. The van der Waals surface area contributed by atoms with E-state index in [-0.39, 0.29) is 17.6 Å². The van der Waals surface area contributed by atoms with Crippen molar-refractivity contribution in [3.05, 3.63) is 28.2 Å². The Morgan fingerprint density at radius 3 is 2.57 bits per heavy atom. The van der Waals surface area contributed by atoms with Crippen LogP contribution in [0.5, 0.6) is 5.75 Å². The number of nitrogens with two attached hydrogens (primary N) is 1. The Morgan fingerprint density at radius 1 is 1.29 bits per heavy atom. The number of likely N-dealkylation sites (tertiary alicyclic amines) is 1. The Morgan fingerprint density at radius 2 is 2.00 bits per heavy atom. The van der Waals surface area contributed by atoms with Crippen LogP contribution < -0.4 is 10.5 Å². The Labute approximate surface area is 137 Å². The molecule has 1 aliphatic rings. The number of benzene rings is 1. The van der Waals surface area contributed by atoms with Crippen LogP contribution in [0.2, 0.25) is 0 Å². The highest BCUT2D eigenvalue weighted by molar-refractivity contribution is 9.10. The molecule has 3 nitrogen and oxygen atoms in total. The molecule has 0 amide bonds. The van der Waals surface area contributed by atoms with Crippen molar-refractivity contribution >= 4 is 15.9 Å². The largest absolute Gasteiger partial charge is 0.496 e. The van der Waals surface area contributed by atoms with Crippen molar-refractivity contribution in [1.82, 2.24) is 4.90 Å². The SMILES string of the molecule is COc1ccc(C2C(N)CCCCN2C(C)(C)C)cc1Br. The lowest BCUT2D eigenvalue weighted by Crippen LogP contribution is -2.49. The normalized spacial score (nSPS) is 24.7. The number of hydrogen-bond acceptors (Lipinski definition) is 3. The Balaban J connectivity index is 2.41. The summed E-state index contributed by atoms with van der Waals surface area (Å²) in [5, 5.41) is 0. The van der Waals surface area contributed by atoms with Gasteiger partial charge < -0.3 is 10.5 Å². The lowest BCUT2D eigenvalue weighted by atomic mass is 9.92. The molecule has 4 heteroatoms. The lowest BCUT2D eigenvalue weighted by molar-refractivity contribution is 0.0755. The van der Waals surface area contributed by atoms with E-state index in [0.29, 0.717) is 0 Å². The van der Waals surface area contributed by atoms with E-state index in [4.69, 9.17) is 10.5 Å². The van der Waals surface area contributed by atoms with Crippen LogP contribution in [-0.4, -0.2) is 30.1 Å². The van der Waals surface area contributed by atoms with Crippen LogP contribution in [0.15, 0.2) is 22.7 Å². The first-order valence-electron chi connectivity index (χ1n) is 7.70. The van der Waals surface area contributed by atoms with Gasteiger partial charge in [-0.3, -0.25) is 4.90 Å². The van der Waals surface area contributed by atoms with Crippen molar-refractivity contribution in [2.24, 2.45) is 5.73 Å². The second-order valence-corrected chi connectivity index (χ2v) is 7.72. The minimum atomic E-state index is 0.110. The molecule has 2 atom stereocenters. The zero-order valence-corrected chi connectivity index (χ0v) is 15.1. The topological polar surface area (TPSA) is 38.5 Å². The van der Waals surface area contributed by atoms with Crippen LogP contribution in [-0.2, 0) is 0 Å². The lowest BCUT2D eigenvalue weighted by Gasteiger charge is -2.43. The van der Waals surface area contributed by atoms with Gasteiger partial charge in [0.15, 0.2) is 0 Å². The van der Waals surface area contributed by atoms with Crippen LogP contribution >= 0.6 is 15.9 Å². The fourth-order valence-electron chi connectivity index (χ4n) is 3.24. The van der Waals surface area contributed by atoms with Gasteiger partial charge in [-0.05, 0) is 73.8 Å². The van der Waals surface area contributed by atoms with Gasteiger partial charge in [-0.25, -0.2) is 0 Å². The highest BCUT2D eigenvalue weighted by Crippen LogP contribution is 2.37. The Hall–Kier alpha value is -0.580. The first kappa shape index (κ1) is 16.8. The molecule has 1 aliphatic heterocycles. The molecule has 0 aromatic heterocycles. The summed E-state index contributed by atoms with van der Waals surface area (Å²) in [5.74, 6) is 0.864. The number of ether oxygens (including phenoxy) is 1. The molecule has 0 radical (unpaired) electrons. The predicted molar refractivity (Wildman–Crippen MR) is 91.7 cm³/mol. The van der Waals surface area contributed by atoms with Crippen LogP contribution in [0.25, 0.3) is 0 Å². The number of rotatable bonds is 2. The van der Waals surface area contributed by atoms with Crippen molar-refractivity contribution in [1.29, 1.82) is 0 Å². The maximum Gasteiger partial charge on any atom is 0.133 e. The summed E-state index contributed by atoms with van der Waals surface area (Å²) < 4.78 is 6.33. The summed E-state index contributed by atoms with van der Waals surface area (Å²) in [5.41, 5.74) is 7.91. The molecule has 0 aliphatic carbocycles. The second kappa shape index (κ2) is 6.67. The summed E-state index contributed by atoms with van der Waals surface area (Å²) in [4.78, 5) is 2.55. The highest BCUT2D eigenvalue weighted by Gasteiger charge is 2.35. The molecule has 2 unspecified atom stereocenters. The molecule has 21 heavy (non-hydrogen) atoms. The summed E-state index contributed by atoms with van der Waals surface area (Å²) in [6, 6.07) is 6.77. The van der Waals surface area contributed by atoms with E-state index < -0.39 is 0 Å². The summed E-state index contributed by atoms with van der Waals surface area (Å²) in [6.07, 6.45) is 3.52. The van der Waals surface area contributed by atoms with Gasteiger partial charge in [0.25, 0.3) is 0 Å². The molecule has 2 N–H and O–H groups in total. The van der Waals surface area contributed by atoms with Crippen LogP contribution in [0, 0.1) is 0 Å². The van der Waals surface area contributed by atoms with E-state index in [9.17, 15) is 0 Å². The van der Waals surface area contributed by atoms with Gasteiger partial charge in [0.2, 0.25) is 0 Å². The van der Waals surface area contributed by atoms with E-state index in [2.05, 4.69) is 53.7 Å². The number of methoxy groups -OCH3 is 1. The molecular formula is C17H27BrN2O. The van der Waals surface area contributed by atoms with Gasteiger partial charge in [0.05, 0.1) is 17.6 Å². The molecule has 1 heterocycles. The molecule has 0 bridgehead atoms. The van der Waals surface area contributed by atoms with Gasteiger partial charge in [0.1, 0.15) is 5.75 Å². The molecule has 1 aromatic rings. The third-order valence-electron chi connectivity index (χ3n) is 4.31. The third kappa shape index (κ3) is 3.79. The first-order valence-corrected chi connectivity index (χ1v) is 8.49. The van der Waals surface area contributed by atoms with E-state index in [1.807, 2.05) is 6.07 Å². The fourth-order valence-corrected chi connectivity index (χ4v) is 3.80. The fraction of sp³-hybridized carbons (Fsp3) is 0.647. The first-order chi connectivity index (χ1) is 9.84. The van der Waals surface area contributed by atoms with Crippen LogP contribution in [0.1, 0.15) is 51.6 Å². The zero-order valence-electron chi connectivity index (χ0n) is 13.5. The third-order valence-corrected chi connectivity index (χ3v) is 4.93. The quantitative estimate of drug-likeness (QED) is 0.868. The zero-order chi connectivity index (χ0) is 15.6. The van der Waals surface area contributed by atoms with Gasteiger partial charge in [-0.15, -0.1) is 0 Å². The molecule has 0 spiro atoms. The van der Waals surface area contributed by atoms with Crippen molar-refractivity contribution in [3.8, 4) is 5.75 Å². The highest BCUT2D eigenvalue weighted by atomic mass is 79.9. The summed E-state index contributed by atoms with van der Waals surface area (Å²) in [7, 11) is 1.69. The van der Waals surface area contributed by atoms with Gasteiger partial charge in [-0.2, -0.15) is 0 Å². The minimum absolute atomic E-state index is 0.110. The molecule has 0 saturated carbocycles. The molecule has 118 valence electrons. The minimum Gasteiger partial charge on any atom is -0.496 e. The van der Waals surface area contributed by atoms with E-state index in [1.54, 1.807) is 7.11 Å². The second-order valence-electron chi connectivity index (χ2n) is 6.86. The summed E-state index contributed by atoms with van der Waals surface area (Å²) >= 11 is 3.60. The predicted octanol–water partition coefficient (Wildman–Crippen LogP) is 4.11. The van der Waals surface area contributed by atoms with Crippen molar-refractivity contribution < 1.29 is 4.74 Å². The number of halogens is 1. The maximum atomic E-state index is 6.53. The van der Waals surface area contributed by atoms with Gasteiger partial charge in [-0.1, -0.05) is 12.5 Å². The molecule has 1 saturated heterocycles. The van der Waals surface area contributed by atoms with E-state index in [0.717, 1.165) is 23.2 Å². The van der Waals surface area contributed by atoms with Crippen molar-refractivity contribution in [2.45, 2.75) is 57.7 Å². The molecular weight excluding hydrogens is 328 g/mol. The van der Waals surface area contributed by atoms with Crippen LogP contribution in [0.3, 0.4) is 0 Å². The van der Waals surface area contributed by atoms with Gasteiger partial charge >= 0.3 is 0 Å². The van der Waals surface area contributed by atoms with Crippen LogP contribution in [0.4, 0.5) is 0 Å². The van der Waals surface area contributed by atoms with Gasteiger partial charge in [0, 0.05) is 11.6 Å². The summed E-state index contributed by atoms with van der Waals surface area (Å²) in [6.45, 7) is 7.93. The number of hydrogen-bond donors (Lipinski definition) is 1. The average molecular weight is 355 g/mol. The maximum absolute atomic E-state index is 6.53. The van der Waals surface area contributed by atoms with E-state index >= 15 is 0 Å². The Bertz CT molecular complexity index is 484. The van der Waals surface area contributed by atoms with Crippen molar-refractivity contribution in [3.63, 3.8) is 0 Å². The smallest absolute Gasteiger partial charge is 0.133 e. The number of nitrogens with zero attached hydrogens (tertiary/aromatic N) is 1.